The SMILES string of the molecule is O=C(O)C1(C/C=C/c2ccccc2)CCCN(c2cnc3ccccc3n2)C1. The third-order valence-electron chi connectivity index (χ3n) is 5.41. The molecule has 1 aliphatic rings. The topological polar surface area (TPSA) is 66.3 Å². The number of piperidine rings is 1. The fraction of sp³-hybridized carbons (Fsp3) is 0.261. The van der Waals surface area contributed by atoms with E-state index in [1.165, 1.54) is 0 Å². The number of carboxylic acid groups (broad SMARTS) is 1. The number of allylic oxidation sites excluding steroid dienone is 1. The Morgan fingerprint density at radius 3 is 2.64 bits per heavy atom. The van der Waals surface area contributed by atoms with Gasteiger partial charge in [-0.15, -0.1) is 0 Å². The molecule has 1 atom stereocenters. The molecule has 1 N–H and O–H groups in total. The van der Waals surface area contributed by atoms with Gasteiger partial charge in [0.15, 0.2) is 0 Å². The van der Waals surface area contributed by atoms with Crippen molar-refractivity contribution in [2.45, 2.75) is 19.3 Å². The second-order valence-corrected chi connectivity index (χ2v) is 7.34. The Hall–Kier alpha value is -3.21. The first-order chi connectivity index (χ1) is 13.7. The van der Waals surface area contributed by atoms with Crippen LogP contribution < -0.4 is 4.90 Å². The highest BCUT2D eigenvalue weighted by molar-refractivity contribution is 5.78. The number of aliphatic carboxylic acids is 1. The van der Waals surface area contributed by atoms with E-state index < -0.39 is 11.4 Å². The number of aromatic nitrogens is 2. The van der Waals surface area contributed by atoms with Crippen LogP contribution in [0.25, 0.3) is 17.1 Å². The van der Waals surface area contributed by atoms with Gasteiger partial charge in [-0.2, -0.15) is 0 Å². The van der Waals surface area contributed by atoms with Gasteiger partial charge in [0.2, 0.25) is 0 Å². The lowest BCUT2D eigenvalue weighted by molar-refractivity contribution is -0.149. The van der Waals surface area contributed by atoms with Crippen molar-refractivity contribution in [2.24, 2.45) is 5.41 Å². The first-order valence-electron chi connectivity index (χ1n) is 9.58. The standard InChI is InChI=1S/C23H23N3O2/c27-22(28)23(13-6-10-18-8-2-1-3-9-18)14-7-15-26(17-23)21-16-24-19-11-4-5-12-20(19)25-21/h1-6,8-12,16H,7,13-15,17H2,(H,27,28)/b10-6+. The Labute approximate surface area is 164 Å². The summed E-state index contributed by atoms with van der Waals surface area (Å²) in [7, 11) is 0. The number of anilines is 1. The van der Waals surface area contributed by atoms with Crippen LogP contribution in [0.4, 0.5) is 5.82 Å². The minimum absolute atomic E-state index is 0.439. The number of carboxylic acids is 1. The van der Waals surface area contributed by atoms with Crippen LogP contribution in [-0.4, -0.2) is 34.1 Å². The summed E-state index contributed by atoms with van der Waals surface area (Å²) < 4.78 is 0. The van der Waals surface area contributed by atoms with Crippen molar-refractivity contribution in [3.63, 3.8) is 0 Å². The van der Waals surface area contributed by atoms with Crippen molar-refractivity contribution in [3.8, 4) is 0 Å². The zero-order valence-corrected chi connectivity index (χ0v) is 15.7. The molecule has 1 aliphatic heterocycles. The Kier molecular flexibility index (Phi) is 5.06. The van der Waals surface area contributed by atoms with Crippen molar-refractivity contribution >= 4 is 28.9 Å². The normalized spacial score (nSPS) is 19.9. The predicted molar refractivity (Wildman–Crippen MR) is 111 cm³/mol. The maximum Gasteiger partial charge on any atom is 0.311 e. The minimum Gasteiger partial charge on any atom is -0.481 e. The van der Waals surface area contributed by atoms with E-state index in [4.69, 9.17) is 4.98 Å². The van der Waals surface area contributed by atoms with E-state index >= 15 is 0 Å². The molecule has 5 nitrogen and oxygen atoms in total. The van der Waals surface area contributed by atoms with Crippen LogP contribution in [0.5, 0.6) is 0 Å². The molecule has 0 bridgehead atoms. The lowest BCUT2D eigenvalue weighted by Gasteiger charge is -2.40. The zero-order chi connectivity index (χ0) is 19.4. The Morgan fingerprint density at radius 1 is 1.11 bits per heavy atom. The number of nitrogens with zero attached hydrogens (tertiary/aromatic N) is 3. The van der Waals surface area contributed by atoms with Crippen LogP contribution in [0.2, 0.25) is 0 Å². The van der Waals surface area contributed by atoms with Gasteiger partial charge in [-0.05, 0) is 37.0 Å². The van der Waals surface area contributed by atoms with E-state index in [-0.39, 0.29) is 0 Å². The fourth-order valence-electron chi connectivity index (χ4n) is 3.84. The maximum absolute atomic E-state index is 12.2. The highest BCUT2D eigenvalue weighted by Gasteiger charge is 2.42. The molecule has 1 fully saturated rings. The number of hydrogen-bond donors (Lipinski definition) is 1. The molecule has 0 radical (unpaired) electrons. The molecule has 1 saturated heterocycles. The molecule has 0 spiro atoms. The van der Waals surface area contributed by atoms with Crippen molar-refractivity contribution in [1.29, 1.82) is 0 Å². The molecule has 4 rings (SSSR count). The van der Waals surface area contributed by atoms with Crippen LogP contribution in [0.15, 0.2) is 66.9 Å². The average Bonchev–Trinajstić information content (AvgIpc) is 2.74. The van der Waals surface area contributed by atoms with Crippen molar-refractivity contribution in [2.75, 3.05) is 18.0 Å². The molecule has 0 amide bonds. The van der Waals surface area contributed by atoms with E-state index in [9.17, 15) is 9.90 Å². The number of benzene rings is 2. The first kappa shape index (κ1) is 18.2. The minimum atomic E-state index is -0.809. The van der Waals surface area contributed by atoms with Crippen LogP contribution in [0, 0.1) is 5.41 Å². The summed E-state index contributed by atoms with van der Waals surface area (Å²) in [5, 5.41) is 10.0. The van der Waals surface area contributed by atoms with Gasteiger partial charge in [0.25, 0.3) is 0 Å². The number of carbonyl (C=O) groups is 1. The Balaban J connectivity index is 1.56. The molecule has 3 aromatic rings. The molecule has 5 heteroatoms. The molecular weight excluding hydrogens is 350 g/mol. The summed E-state index contributed by atoms with van der Waals surface area (Å²) in [4.78, 5) is 23.5. The third-order valence-corrected chi connectivity index (χ3v) is 5.41. The number of hydrogen-bond acceptors (Lipinski definition) is 4. The highest BCUT2D eigenvalue weighted by Crippen LogP contribution is 2.36. The van der Waals surface area contributed by atoms with E-state index in [1.807, 2.05) is 66.7 Å². The smallest absolute Gasteiger partial charge is 0.311 e. The van der Waals surface area contributed by atoms with Crippen molar-refractivity contribution in [1.82, 2.24) is 9.97 Å². The van der Waals surface area contributed by atoms with Gasteiger partial charge in [-0.3, -0.25) is 9.78 Å². The van der Waals surface area contributed by atoms with Crippen LogP contribution in [-0.2, 0) is 4.79 Å². The summed E-state index contributed by atoms with van der Waals surface area (Å²) >= 11 is 0. The summed E-state index contributed by atoms with van der Waals surface area (Å²) in [6.45, 7) is 1.24. The van der Waals surface area contributed by atoms with Crippen molar-refractivity contribution in [3.05, 3.63) is 72.4 Å². The molecule has 28 heavy (non-hydrogen) atoms. The van der Waals surface area contributed by atoms with Gasteiger partial charge in [0.05, 0.1) is 22.6 Å². The second kappa shape index (κ2) is 7.80. The van der Waals surface area contributed by atoms with Crippen molar-refractivity contribution < 1.29 is 9.90 Å². The molecule has 0 saturated carbocycles. The Bertz CT molecular complexity index is 1000. The van der Waals surface area contributed by atoms with E-state index in [2.05, 4.69) is 9.88 Å². The van der Waals surface area contributed by atoms with Crippen LogP contribution in [0.3, 0.4) is 0 Å². The number of fused-ring (bicyclic) bond motifs is 1. The Morgan fingerprint density at radius 2 is 1.86 bits per heavy atom. The molecule has 2 aromatic carbocycles. The summed E-state index contributed by atoms with van der Waals surface area (Å²) in [5.74, 6) is -0.000256. The largest absolute Gasteiger partial charge is 0.481 e. The van der Waals surface area contributed by atoms with Gasteiger partial charge in [-0.1, -0.05) is 54.6 Å². The molecule has 0 aliphatic carbocycles. The summed E-state index contributed by atoms with van der Waals surface area (Å²) in [5.41, 5.74) is 1.95. The highest BCUT2D eigenvalue weighted by atomic mass is 16.4. The van der Waals surface area contributed by atoms with E-state index in [0.717, 1.165) is 35.4 Å². The number of para-hydroxylation sites is 2. The van der Waals surface area contributed by atoms with Crippen LogP contribution >= 0.6 is 0 Å². The summed E-state index contributed by atoms with van der Waals surface area (Å²) in [6, 6.07) is 17.7. The summed E-state index contributed by atoms with van der Waals surface area (Å²) in [6.07, 6.45) is 7.71. The van der Waals surface area contributed by atoms with Gasteiger partial charge in [0.1, 0.15) is 5.82 Å². The van der Waals surface area contributed by atoms with Crippen LogP contribution in [0.1, 0.15) is 24.8 Å². The molecule has 142 valence electrons. The average molecular weight is 373 g/mol. The molecule has 1 unspecified atom stereocenters. The van der Waals surface area contributed by atoms with Gasteiger partial charge in [-0.25, -0.2) is 4.98 Å². The lowest BCUT2D eigenvalue weighted by Crippen LogP contribution is -2.48. The zero-order valence-electron chi connectivity index (χ0n) is 15.7. The van der Waals surface area contributed by atoms with Gasteiger partial charge >= 0.3 is 5.97 Å². The number of rotatable bonds is 5. The quantitative estimate of drug-likeness (QED) is 0.718. The van der Waals surface area contributed by atoms with Gasteiger partial charge < -0.3 is 10.0 Å². The van der Waals surface area contributed by atoms with E-state index in [0.29, 0.717) is 19.4 Å². The fourth-order valence-corrected chi connectivity index (χ4v) is 3.84. The monoisotopic (exact) mass is 373 g/mol. The van der Waals surface area contributed by atoms with Gasteiger partial charge in [0, 0.05) is 13.1 Å². The second-order valence-electron chi connectivity index (χ2n) is 7.34. The lowest BCUT2D eigenvalue weighted by atomic mass is 9.77. The third kappa shape index (κ3) is 3.74. The predicted octanol–water partition coefficient (Wildman–Crippen LogP) is 4.40. The molecule has 1 aromatic heterocycles. The maximum atomic E-state index is 12.2. The van der Waals surface area contributed by atoms with E-state index in [1.54, 1.807) is 6.20 Å². The molecule has 2 heterocycles. The first-order valence-corrected chi connectivity index (χ1v) is 9.58. The molecular formula is C23H23N3O2.